The topological polar surface area (TPSA) is 96.0 Å². The molecule has 0 aliphatic heterocycles. The third kappa shape index (κ3) is 4.40. The predicted molar refractivity (Wildman–Crippen MR) is 86.9 cm³/mol. The van der Waals surface area contributed by atoms with Crippen LogP contribution in [0.5, 0.6) is 0 Å². The first kappa shape index (κ1) is 16.2. The average Bonchev–Trinajstić information content (AvgIpc) is 2.55. The first-order valence-corrected chi connectivity index (χ1v) is 6.80. The lowest BCUT2D eigenvalue weighted by Crippen LogP contribution is -2.07. The van der Waals surface area contributed by atoms with E-state index in [0.717, 1.165) is 0 Å². The van der Waals surface area contributed by atoms with Crippen molar-refractivity contribution in [2.45, 2.75) is 0 Å². The number of benzene rings is 2. The first-order valence-electron chi connectivity index (χ1n) is 6.43. The van der Waals surface area contributed by atoms with Crippen molar-refractivity contribution in [3.8, 4) is 6.07 Å². The van der Waals surface area contributed by atoms with E-state index in [1.165, 1.54) is 42.5 Å². The maximum atomic E-state index is 11.8. The SMILES string of the molecule is N#Cc1cc(NC(=O)/C=C/c2cccc([N+](=O)[O-])c2)ccc1Cl. The van der Waals surface area contributed by atoms with E-state index in [0.29, 0.717) is 16.3 Å². The molecule has 0 atom stereocenters. The van der Waals surface area contributed by atoms with Gasteiger partial charge in [-0.15, -0.1) is 0 Å². The van der Waals surface area contributed by atoms with Gasteiger partial charge in [-0.2, -0.15) is 5.26 Å². The number of nitro benzene ring substituents is 1. The number of carbonyl (C=O) groups excluding carboxylic acids is 1. The smallest absolute Gasteiger partial charge is 0.270 e. The highest BCUT2D eigenvalue weighted by Crippen LogP contribution is 2.20. The zero-order chi connectivity index (χ0) is 16.8. The molecule has 6 nitrogen and oxygen atoms in total. The van der Waals surface area contributed by atoms with Crippen LogP contribution in [0.3, 0.4) is 0 Å². The van der Waals surface area contributed by atoms with Gasteiger partial charge in [0.15, 0.2) is 0 Å². The summed E-state index contributed by atoms with van der Waals surface area (Å²) in [5.74, 6) is -0.428. The summed E-state index contributed by atoms with van der Waals surface area (Å²) < 4.78 is 0. The second-order valence-corrected chi connectivity index (χ2v) is 4.89. The van der Waals surface area contributed by atoms with Crippen LogP contribution in [0.1, 0.15) is 11.1 Å². The molecule has 2 rings (SSSR count). The summed E-state index contributed by atoms with van der Waals surface area (Å²) in [6.45, 7) is 0. The molecule has 0 heterocycles. The van der Waals surface area contributed by atoms with Gasteiger partial charge in [0.05, 0.1) is 15.5 Å². The lowest BCUT2D eigenvalue weighted by atomic mass is 10.2. The summed E-state index contributed by atoms with van der Waals surface area (Å²) in [4.78, 5) is 22.0. The Morgan fingerprint density at radius 3 is 2.78 bits per heavy atom. The standard InChI is InChI=1S/C16H10ClN3O3/c17-15-6-5-13(9-12(15)10-18)19-16(21)7-4-11-2-1-3-14(8-11)20(22)23/h1-9H,(H,19,21)/b7-4+. The molecule has 2 aromatic rings. The van der Waals surface area contributed by atoms with Crippen LogP contribution in [-0.4, -0.2) is 10.8 Å². The maximum absolute atomic E-state index is 11.8. The molecule has 114 valence electrons. The van der Waals surface area contributed by atoms with Gasteiger partial charge in [-0.1, -0.05) is 23.7 Å². The molecule has 2 aromatic carbocycles. The maximum Gasteiger partial charge on any atom is 0.270 e. The molecule has 0 aromatic heterocycles. The van der Waals surface area contributed by atoms with Crippen molar-refractivity contribution in [1.29, 1.82) is 5.26 Å². The molecule has 0 saturated heterocycles. The number of carbonyl (C=O) groups is 1. The van der Waals surface area contributed by atoms with Gasteiger partial charge in [0.2, 0.25) is 5.91 Å². The zero-order valence-electron chi connectivity index (χ0n) is 11.7. The fourth-order valence-corrected chi connectivity index (χ4v) is 1.95. The molecule has 1 amide bonds. The van der Waals surface area contributed by atoms with E-state index in [1.807, 2.05) is 6.07 Å². The molecular formula is C16H10ClN3O3. The Labute approximate surface area is 136 Å². The minimum atomic E-state index is -0.505. The highest BCUT2D eigenvalue weighted by atomic mass is 35.5. The van der Waals surface area contributed by atoms with Gasteiger partial charge in [0, 0.05) is 23.9 Å². The van der Waals surface area contributed by atoms with E-state index >= 15 is 0 Å². The van der Waals surface area contributed by atoms with E-state index in [2.05, 4.69) is 5.32 Å². The number of nitro groups is 1. The number of hydrogen-bond donors (Lipinski definition) is 1. The molecule has 1 N–H and O–H groups in total. The van der Waals surface area contributed by atoms with Crippen molar-refractivity contribution in [3.05, 3.63) is 74.8 Å². The molecule has 0 bridgehead atoms. The van der Waals surface area contributed by atoms with E-state index in [-0.39, 0.29) is 11.3 Å². The van der Waals surface area contributed by atoms with Gasteiger partial charge in [-0.25, -0.2) is 0 Å². The molecule has 0 unspecified atom stereocenters. The number of amides is 1. The Balaban J connectivity index is 2.09. The number of nitrogens with one attached hydrogen (secondary N) is 1. The Morgan fingerprint density at radius 1 is 1.30 bits per heavy atom. The highest BCUT2D eigenvalue weighted by molar-refractivity contribution is 6.31. The van der Waals surface area contributed by atoms with Crippen molar-refractivity contribution < 1.29 is 9.72 Å². The van der Waals surface area contributed by atoms with Crippen LogP contribution in [0.2, 0.25) is 5.02 Å². The van der Waals surface area contributed by atoms with Gasteiger partial charge < -0.3 is 5.32 Å². The van der Waals surface area contributed by atoms with Crippen LogP contribution in [0.15, 0.2) is 48.5 Å². The first-order chi connectivity index (χ1) is 11.0. The minimum absolute atomic E-state index is 0.0519. The monoisotopic (exact) mass is 327 g/mol. The molecule has 0 fully saturated rings. The Hall–Kier alpha value is -3.17. The van der Waals surface area contributed by atoms with Gasteiger partial charge in [0.25, 0.3) is 5.69 Å². The summed E-state index contributed by atoms with van der Waals surface area (Å²) in [7, 11) is 0. The molecule has 0 aliphatic rings. The van der Waals surface area contributed by atoms with Crippen molar-refractivity contribution in [2.24, 2.45) is 0 Å². The summed E-state index contributed by atoms with van der Waals surface area (Å²) >= 11 is 5.81. The van der Waals surface area contributed by atoms with Gasteiger partial charge in [0.1, 0.15) is 6.07 Å². The molecule has 0 aliphatic carbocycles. The largest absolute Gasteiger partial charge is 0.322 e. The molecular weight excluding hydrogens is 318 g/mol. The number of hydrogen-bond acceptors (Lipinski definition) is 4. The number of rotatable bonds is 4. The molecule has 0 spiro atoms. The number of nitriles is 1. The number of anilines is 1. The summed E-state index contributed by atoms with van der Waals surface area (Å²) in [6, 6.07) is 12.4. The molecule has 0 saturated carbocycles. The van der Waals surface area contributed by atoms with E-state index in [9.17, 15) is 14.9 Å². The average molecular weight is 328 g/mol. The van der Waals surface area contributed by atoms with E-state index in [4.69, 9.17) is 16.9 Å². The van der Waals surface area contributed by atoms with Crippen LogP contribution >= 0.6 is 11.6 Å². The normalized spacial score (nSPS) is 10.3. The van der Waals surface area contributed by atoms with E-state index in [1.54, 1.807) is 12.1 Å². The summed E-state index contributed by atoms with van der Waals surface area (Å²) in [5.41, 5.74) is 1.17. The molecule has 7 heteroatoms. The van der Waals surface area contributed by atoms with Crippen molar-refractivity contribution in [3.63, 3.8) is 0 Å². The Kier molecular flexibility index (Phi) is 5.07. The predicted octanol–water partition coefficient (Wildman–Crippen LogP) is 3.77. The quantitative estimate of drug-likeness (QED) is 0.525. The lowest BCUT2D eigenvalue weighted by molar-refractivity contribution is -0.384. The fourth-order valence-electron chi connectivity index (χ4n) is 1.79. The zero-order valence-corrected chi connectivity index (χ0v) is 12.4. The second kappa shape index (κ2) is 7.20. The van der Waals surface area contributed by atoms with Crippen LogP contribution < -0.4 is 5.32 Å². The number of nitrogens with zero attached hydrogens (tertiary/aromatic N) is 2. The van der Waals surface area contributed by atoms with Crippen LogP contribution in [0, 0.1) is 21.4 Å². The van der Waals surface area contributed by atoms with Crippen molar-refractivity contribution in [1.82, 2.24) is 0 Å². The molecule has 23 heavy (non-hydrogen) atoms. The van der Waals surface area contributed by atoms with Crippen LogP contribution in [0.25, 0.3) is 6.08 Å². The third-order valence-corrected chi connectivity index (χ3v) is 3.19. The van der Waals surface area contributed by atoms with Crippen LogP contribution in [-0.2, 0) is 4.79 Å². The van der Waals surface area contributed by atoms with Crippen molar-refractivity contribution in [2.75, 3.05) is 5.32 Å². The Bertz CT molecular complexity index is 841. The number of halogens is 1. The molecule has 0 radical (unpaired) electrons. The third-order valence-electron chi connectivity index (χ3n) is 2.86. The second-order valence-electron chi connectivity index (χ2n) is 4.48. The highest BCUT2D eigenvalue weighted by Gasteiger charge is 2.05. The van der Waals surface area contributed by atoms with Gasteiger partial charge >= 0.3 is 0 Å². The summed E-state index contributed by atoms with van der Waals surface area (Å²) in [5, 5.41) is 22.5. The number of non-ortho nitro benzene ring substituents is 1. The fraction of sp³-hybridized carbons (Fsp3) is 0. The van der Waals surface area contributed by atoms with Gasteiger partial charge in [-0.05, 0) is 29.8 Å². The van der Waals surface area contributed by atoms with Crippen molar-refractivity contribution >= 4 is 35.0 Å². The van der Waals surface area contributed by atoms with E-state index < -0.39 is 10.8 Å². The minimum Gasteiger partial charge on any atom is -0.322 e. The Morgan fingerprint density at radius 2 is 2.09 bits per heavy atom. The van der Waals surface area contributed by atoms with Crippen LogP contribution in [0.4, 0.5) is 11.4 Å². The van der Waals surface area contributed by atoms with Gasteiger partial charge in [-0.3, -0.25) is 14.9 Å². The summed E-state index contributed by atoms with van der Waals surface area (Å²) in [6.07, 6.45) is 2.71. The lowest BCUT2D eigenvalue weighted by Gasteiger charge is -2.03.